The second-order valence-corrected chi connectivity index (χ2v) is 16.5. The van der Waals surface area contributed by atoms with Crippen molar-refractivity contribution in [2.75, 3.05) is 70.1 Å². The Kier molecular flexibility index (Phi) is 11.8. The Morgan fingerprint density at radius 2 is 1.69 bits per heavy atom. The standard InChI is InChI=1S/C39H56F2N8O5/c1-46(54-26-52-14-13-51-15-16-53-39-20-28-17-29(21-39)19-30(18-28)22-39)24-27-5-7-31(8-6-27)49-25-33(35(45-49)36(40)41)43-38(50)32-23-42-48-12-9-34(44-37(32)48)47-10-3-2-4-11-47/h9,12,23,25,27-31,36H,2-8,10-11,13-22,24,26H2,1H3,(H,43,50). The zero-order chi connectivity index (χ0) is 37.1. The van der Waals surface area contributed by atoms with Crippen molar-refractivity contribution >= 4 is 23.1 Å². The molecule has 15 heteroatoms. The van der Waals surface area contributed by atoms with Crippen molar-refractivity contribution < 1.29 is 32.6 Å². The summed E-state index contributed by atoms with van der Waals surface area (Å²) in [4.78, 5) is 26.1. The maximum absolute atomic E-state index is 14.1. The first-order chi connectivity index (χ1) is 26.3. The Hall–Kier alpha value is -3.24. The number of carbonyl (C=O) groups is 1. The highest BCUT2D eigenvalue weighted by molar-refractivity contribution is 6.08. The smallest absolute Gasteiger partial charge is 0.284 e. The van der Waals surface area contributed by atoms with Gasteiger partial charge in [-0.3, -0.25) is 14.3 Å². The fourth-order valence-electron chi connectivity index (χ4n) is 10.3. The zero-order valence-electron chi connectivity index (χ0n) is 31.6. The molecule has 1 aliphatic heterocycles. The molecule has 1 amide bonds. The van der Waals surface area contributed by atoms with Crippen molar-refractivity contribution in [3.05, 3.63) is 35.9 Å². The summed E-state index contributed by atoms with van der Waals surface area (Å²) in [5, 5.41) is 13.0. The highest BCUT2D eigenvalue weighted by Crippen LogP contribution is 2.57. The van der Waals surface area contributed by atoms with Crippen LogP contribution in [0.25, 0.3) is 5.65 Å². The molecule has 1 saturated heterocycles. The molecule has 296 valence electrons. The van der Waals surface area contributed by atoms with Crippen LogP contribution in [-0.2, 0) is 19.0 Å². The Balaban J connectivity index is 0.737. The molecule has 1 N–H and O–H groups in total. The summed E-state index contributed by atoms with van der Waals surface area (Å²) in [6.45, 7) is 4.92. The van der Waals surface area contributed by atoms with Gasteiger partial charge in [0.2, 0.25) is 0 Å². The topological polar surface area (TPSA) is 121 Å². The number of nitrogens with one attached hydrogen (secondary N) is 1. The number of aromatic nitrogens is 5. The summed E-state index contributed by atoms with van der Waals surface area (Å²) in [5.74, 6) is 3.28. The molecule has 3 aromatic heterocycles. The molecule has 4 heterocycles. The van der Waals surface area contributed by atoms with E-state index in [1.165, 1.54) is 61.9 Å². The van der Waals surface area contributed by atoms with Crippen molar-refractivity contribution in [2.45, 2.75) is 102 Å². The van der Waals surface area contributed by atoms with E-state index in [4.69, 9.17) is 24.0 Å². The van der Waals surface area contributed by atoms with Gasteiger partial charge in [-0.1, -0.05) is 0 Å². The number of nitrogens with zero attached hydrogens (tertiary/aromatic N) is 7. The van der Waals surface area contributed by atoms with Gasteiger partial charge >= 0.3 is 0 Å². The lowest BCUT2D eigenvalue weighted by molar-refractivity contribution is -0.220. The molecule has 5 saturated carbocycles. The average Bonchev–Trinajstić information content (AvgIpc) is 3.79. The molecule has 3 aromatic rings. The van der Waals surface area contributed by atoms with E-state index in [0.717, 1.165) is 81.7 Å². The van der Waals surface area contributed by atoms with Gasteiger partial charge in [-0.05, 0) is 113 Å². The van der Waals surface area contributed by atoms with Crippen LogP contribution in [0.5, 0.6) is 0 Å². The summed E-state index contributed by atoms with van der Waals surface area (Å²) in [6, 6.07) is 1.85. The Morgan fingerprint density at radius 3 is 2.41 bits per heavy atom. The van der Waals surface area contributed by atoms with Crippen LogP contribution in [0.4, 0.5) is 20.3 Å². The van der Waals surface area contributed by atoms with E-state index in [2.05, 4.69) is 20.4 Å². The molecular formula is C39H56F2N8O5. The number of hydrogen-bond donors (Lipinski definition) is 1. The third kappa shape index (κ3) is 8.75. The minimum atomic E-state index is -2.84. The number of ether oxygens (including phenoxy) is 3. The molecule has 54 heavy (non-hydrogen) atoms. The van der Waals surface area contributed by atoms with Gasteiger partial charge in [0.15, 0.2) is 18.1 Å². The number of carbonyl (C=O) groups excluding carboxylic acids is 1. The van der Waals surface area contributed by atoms with E-state index in [0.29, 0.717) is 38.0 Å². The SMILES string of the molecule is CN(CC1CCC(n2cc(NC(=O)c3cnn4ccc(N5CCCCC5)nc34)c(C(F)F)n2)CC1)OCOCCOCCOC12CC3CC(CC(C3)C1)C2. The second-order valence-electron chi connectivity index (χ2n) is 16.5. The molecule has 9 rings (SSSR count). The molecule has 0 aromatic carbocycles. The molecular weight excluding hydrogens is 698 g/mol. The lowest BCUT2D eigenvalue weighted by atomic mass is 9.54. The fourth-order valence-corrected chi connectivity index (χ4v) is 10.3. The quantitative estimate of drug-likeness (QED) is 0.0909. The maximum atomic E-state index is 14.1. The molecule has 4 bridgehead atoms. The number of halogens is 2. The second kappa shape index (κ2) is 16.9. The van der Waals surface area contributed by atoms with Gasteiger partial charge in [-0.15, -0.1) is 0 Å². The van der Waals surface area contributed by atoms with E-state index in [1.807, 2.05) is 18.2 Å². The Morgan fingerprint density at radius 1 is 0.981 bits per heavy atom. The summed E-state index contributed by atoms with van der Waals surface area (Å²) >= 11 is 0. The number of alkyl halides is 2. The van der Waals surface area contributed by atoms with Crippen LogP contribution in [0.15, 0.2) is 24.7 Å². The Bertz CT molecular complexity index is 1670. The molecule has 0 atom stereocenters. The molecule has 0 unspecified atom stereocenters. The number of piperidine rings is 1. The largest absolute Gasteiger partial charge is 0.377 e. The number of rotatable bonds is 17. The highest BCUT2D eigenvalue weighted by Gasteiger charge is 2.51. The summed E-state index contributed by atoms with van der Waals surface area (Å²) in [6.07, 6.45) is 16.6. The lowest BCUT2D eigenvalue weighted by Crippen LogP contribution is -2.52. The third-order valence-corrected chi connectivity index (χ3v) is 12.5. The number of amides is 1. The highest BCUT2D eigenvalue weighted by atomic mass is 19.3. The van der Waals surface area contributed by atoms with Crippen LogP contribution in [-0.4, -0.2) is 101 Å². The molecule has 0 radical (unpaired) electrons. The first kappa shape index (κ1) is 37.7. The van der Waals surface area contributed by atoms with Gasteiger partial charge < -0.3 is 24.4 Å². The summed E-state index contributed by atoms with van der Waals surface area (Å²) < 4.78 is 49.3. The maximum Gasteiger partial charge on any atom is 0.284 e. The van der Waals surface area contributed by atoms with Gasteiger partial charge in [0, 0.05) is 39.1 Å². The number of hydroxylamine groups is 2. The van der Waals surface area contributed by atoms with Crippen molar-refractivity contribution in [3.8, 4) is 0 Å². The van der Waals surface area contributed by atoms with E-state index in [-0.39, 0.29) is 29.7 Å². The van der Waals surface area contributed by atoms with Crippen LogP contribution in [0.3, 0.4) is 0 Å². The van der Waals surface area contributed by atoms with Crippen LogP contribution < -0.4 is 10.2 Å². The van der Waals surface area contributed by atoms with Crippen LogP contribution >= 0.6 is 0 Å². The summed E-state index contributed by atoms with van der Waals surface area (Å²) in [5.41, 5.74) is 0.304. The van der Waals surface area contributed by atoms with E-state index >= 15 is 0 Å². The lowest BCUT2D eigenvalue weighted by Gasteiger charge is -2.56. The normalized spacial score (nSPS) is 28.2. The summed E-state index contributed by atoms with van der Waals surface area (Å²) in [7, 11) is 1.90. The number of fused-ring (bicyclic) bond motifs is 1. The third-order valence-electron chi connectivity index (χ3n) is 12.5. The van der Waals surface area contributed by atoms with Gasteiger partial charge in [0.25, 0.3) is 12.3 Å². The minimum Gasteiger partial charge on any atom is -0.377 e. The number of hydrogen-bond acceptors (Lipinski definition) is 10. The van der Waals surface area contributed by atoms with Crippen molar-refractivity contribution in [3.63, 3.8) is 0 Å². The van der Waals surface area contributed by atoms with Gasteiger partial charge in [-0.2, -0.15) is 15.3 Å². The predicted molar refractivity (Wildman–Crippen MR) is 197 cm³/mol. The number of anilines is 2. The van der Waals surface area contributed by atoms with Crippen LogP contribution in [0.1, 0.15) is 112 Å². The fraction of sp³-hybridized carbons (Fsp3) is 0.744. The molecule has 13 nitrogen and oxygen atoms in total. The zero-order valence-corrected chi connectivity index (χ0v) is 31.6. The van der Waals surface area contributed by atoms with Crippen LogP contribution in [0, 0.1) is 23.7 Å². The minimum absolute atomic E-state index is 0.00745. The molecule has 5 aliphatic carbocycles. The first-order valence-electron chi connectivity index (χ1n) is 20.2. The molecule has 6 fully saturated rings. The monoisotopic (exact) mass is 754 g/mol. The van der Waals surface area contributed by atoms with Crippen molar-refractivity contribution in [1.29, 1.82) is 0 Å². The van der Waals surface area contributed by atoms with E-state index in [9.17, 15) is 13.6 Å². The first-order valence-corrected chi connectivity index (χ1v) is 20.2. The average molecular weight is 755 g/mol. The van der Waals surface area contributed by atoms with Gasteiger partial charge in [0.1, 0.15) is 11.4 Å². The van der Waals surface area contributed by atoms with Crippen molar-refractivity contribution in [2.24, 2.45) is 23.7 Å². The van der Waals surface area contributed by atoms with Crippen molar-refractivity contribution in [1.82, 2.24) is 29.4 Å². The molecule has 0 spiro atoms. The predicted octanol–water partition coefficient (Wildman–Crippen LogP) is 6.68. The van der Waals surface area contributed by atoms with Gasteiger partial charge in [-0.25, -0.2) is 18.3 Å². The van der Waals surface area contributed by atoms with E-state index in [1.54, 1.807) is 10.9 Å². The van der Waals surface area contributed by atoms with Crippen LogP contribution in [0.2, 0.25) is 0 Å². The Labute approximate surface area is 316 Å². The van der Waals surface area contributed by atoms with E-state index < -0.39 is 18.0 Å². The molecule has 6 aliphatic rings. The van der Waals surface area contributed by atoms with Gasteiger partial charge in [0.05, 0.1) is 50.0 Å².